The van der Waals surface area contributed by atoms with E-state index in [2.05, 4.69) is 33.8 Å². The Morgan fingerprint density at radius 2 is 1.85 bits per heavy atom. The molecule has 27 heavy (non-hydrogen) atoms. The summed E-state index contributed by atoms with van der Waals surface area (Å²) in [6, 6.07) is 0. The van der Waals surface area contributed by atoms with Crippen LogP contribution in [0, 0.1) is 22.7 Å². The highest BCUT2D eigenvalue weighted by Gasteiger charge is 2.53. The van der Waals surface area contributed by atoms with Gasteiger partial charge in [-0.3, -0.25) is 9.59 Å². The van der Waals surface area contributed by atoms with Crippen molar-refractivity contribution in [3.8, 4) is 0 Å². The predicted octanol–water partition coefficient (Wildman–Crippen LogP) is 6.28. The molecule has 0 spiro atoms. The summed E-state index contributed by atoms with van der Waals surface area (Å²) in [6.07, 6.45) is 11.1. The molecule has 0 bridgehead atoms. The largest absolute Gasteiger partial charge is 0.290 e. The number of ketones is 2. The minimum atomic E-state index is 0.0119. The van der Waals surface area contributed by atoms with Gasteiger partial charge >= 0.3 is 0 Å². The highest BCUT2D eigenvalue weighted by atomic mass is 32.2. The van der Waals surface area contributed by atoms with E-state index in [0.29, 0.717) is 22.0 Å². The number of fused-ring (bicyclic) bond motifs is 1. The van der Waals surface area contributed by atoms with Crippen molar-refractivity contribution in [1.82, 2.24) is 0 Å². The van der Waals surface area contributed by atoms with E-state index in [9.17, 15) is 9.59 Å². The van der Waals surface area contributed by atoms with Crippen molar-refractivity contribution in [2.75, 3.05) is 0 Å². The summed E-state index contributed by atoms with van der Waals surface area (Å²) in [7, 11) is 0. The molecule has 1 fully saturated rings. The second-order valence-electron chi connectivity index (χ2n) is 9.63. The summed E-state index contributed by atoms with van der Waals surface area (Å²) < 4.78 is 0. The van der Waals surface area contributed by atoms with Crippen molar-refractivity contribution in [1.29, 1.82) is 0 Å². The molecule has 3 aliphatic carbocycles. The number of thioether (sulfide) groups is 1. The van der Waals surface area contributed by atoms with E-state index < -0.39 is 0 Å². The van der Waals surface area contributed by atoms with Crippen LogP contribution in [0.3, 0.4) is 0 Å². The third-order valence-electron chi connectivity index (χ3n) is 7.66. The van der Waals surface area contributed by atoms with E-state index in [0.717, 1.165) is 18.4 Å². The highest BCUT2D eigenvalue weighted by molar-refractivity contribution is 8.04. The van der Waals surface area contributed by atoms with E-state index in [1.54, 1.807) is 12.2 Å². The van der Waals surface area contributed by atoms with Crippen molar-refractivity contribution in [3.63, 3.8) is 0 Å². The van der Waals surface area contributed by atoms with Gasteiger partial charge < -0.3 is 0 Å². The highest BCUT2D eigenvalue weighted by Crippen LogP contribution is 2.62. The first-order valence-corrected chi connectivity index (χ1v) is 11.3. The number of rotatable bonds is 4. The minimum Gasteiger partial charge on any atom is -0.290 e. The average Bonchev–Trinajstić information content (AvgIpc) is 2.58. The van der Waals surface area contributed by atoms with Gasteiger partial charge in [0.05, 0.1) is 4.91 Å². The number of hydrogen-bond donors (Lipinski definition) is 0. The zero-order chi connectivity index (χ0) is 20.0. The maximum Gasteiger partial charge on any atom is 0.192 e. The summed E-state index contributed by atoms with van der Waals surface area (Å²) in [5.41, 5.74) is 2.53. The fourth-order valence-corrected chi connectivity index (χ4v) is 6.54. The lowest BCUT2D eigenvalue weighted by molar-refractivity contribution is -0.115. The van der Waals surface area contributed by atoms with Gasteiger partial charge in [-0.1, -0.05) is 46.3 Å². The number of carbonyl (C=O) groups excluding carboxylic acids is 2. The lowest BCUT2D eigenvalue weighted by Gasteiger charge is -2.58. The van der Waals surface area contributed by atoms with Gasteiger partial charge in [-0.05, 0) is 67.8 Å². The normalized spacial score (nSPS) is 36.9. The van der Waals surface area contributed by atoms with Crippen LogP contribution < -0.4 is 0 Å². The molecular formula is C24H34O2S. The summed E-state index contributed by atoms with van der Waals surface area (Å²) >= 11 is 1.49. The molecule has 0 saturated heterocycles. The van der Waals surface area contributed by atoms with Crippen molar-refractivity contribution < 1.29 is 9.59 Å². The molecule has 0 aromatic carbocycles. The Hall–Kier alpha value is -1.09. The second-order valence-corrected chi connectivity index (χ2v) is 11.2. The van der Waals surface area contributed by atoms with Crippen molar-refractivity contribution in [3.05, 3.63) is 34.3 Å². The maximum absolute atomic E-state index is 12.8. The molecule has 148 valence electrons. The van der Waals surface area contributed by atoms with E-state index >= 15 is 0 Å². The molecule has 0 radical (unpaired) electrons. The Balaban J connectivity index is 1.89. The van der Waals surface area contributed by atoms with E-state index in [1.165, 1.54) is 36.6 Å². The molecular weight excluding hydrogens is 352 g/mol. The molecule has 0 aliphatic heterocycles. The Morgan fingerprint density at radius 1 is 1.15 bits per heavy atom. The van der Waals surface area contributed by atoms with Crippen LogP contribution in [-0.2, 0) is 9.59 Å². The molecule has 3 heteroatoms. The molecule has 1 saturated carbocycles. The number of carbonyl (C=O) groups is 2. The first kappa shape index (κ1) is 20.6. The third-order valence-corrected chi connectivity index (χ3v) is 8.70. The first-order chi connectivity index (χ1) is 12.6. The van der Waals surface area contributed by atoms with Crippen LogP contribution in [0.1, 0.15) is 73.6 Å². The van der Waals surface area contributed by atoms with Crippen LogP contribution in [-0.4, -0.2) is 16.8 Å². The lowest BCUT2D eigenvalue weighted by Crippen LogP contribution is -2.50. The molecule has 0 aromatic heterocycles. The first-order valence-electron chi connectivity index (χ1n) is 10.4. The van der Waals surface area contributed by atoms with Crippen LogP contribution in [0.5, 0.6) is 0 Å². The smallest absolute Gasteiger partial charge is 0.192 e. The van der Waals surface area contributed by atoms with Gasteiger partial charge in [-0.2, -0.15) is 0 Å². The quantitative estimate of drug-likeness (QED) is 0.421. The number of hydrogen-bond acceptors (Lipinski definition) is 3. The summed E-state index contributed by atoms with van der Waals surface area (Å²) in [4.78, 5) is 26.0. The van der Waals surface area contributed by atoms with E-state index in [-0.39, 0.29) is 22.4 Å². The van der Waals surface area contributed by atoms with Gasteiger partial charge in [0.2, 0.25) is 0 Å². The summed E-state index contributed by atoms with van der Waals surface area (Å²) in [6.45, 7) is 13.5. The SMILES string of the molecule is CC1=CCC[C@H]2[C@](C)(CC3=CC(=O)C(SC(C)C)=CC3=O)[C@@H](C)CC[C@]12C. The van der Waals surface area contributed by atoms with Gasteiger partial charge in [0.25, 0.3) is 0 Å². The minimum absolute atomic E-state index is 0.0119. The van der Waals surface area contributed by atoms with Gasteiger partial charge in [-0.25, -0.2) is 0 Å². The summed E-state index contributed by atoms with van der Waals surface area (Å²) in [5.74, 6) is 1.18. The molecule has 2 nitrogen and oxygen atoms in total. The molecule has 4 atom stereocenters. The molecule has 3 aliphatic rings. The van der Waals surface area contributed by atoms with Crippen LogP contribution in [0.15, 0.2) is 34.3 Å². The average molecular weight is 387 g/mol. The van der Waals surface area contributed by atoms with E-state index in [1.807, 2.05) is 13.8 Å². The molecule has 3 rings (SSSR count). The van der Waals surface area contributed by atoms with Gasteiger partial charge in [-0.15, -0.1) is 11.8 Å². The summed E-state index contributed by atoms with van der Waals surface area (Å²) in [5, 5.41) is 0.302. The molecule has 0 amide bonds. The second kappa shape index (κ2) is 7.39. The predicted molar refractivity (Wildman–Crippen MR) is 115 cm³/mol. The van der Waals surface area contributed by atoms with Crippen molar-refractivity contribution in [2.24, 2.45) is 22.7 Å². The van der Waals surface area contributed by atoms with Crippen molar-refractivity contribution in [2.45, 2.75) is 78.9 Å². The molecule has 0 N–H and O–H groups in total. The van der Waals surface area contributed by atoms with Crippen LogP contribution in [0.2, 0.25) is 0 Å². The molecule has 0 aromatic rings. The fourth-order valence-electron chi connectivity index (χ4n) is 5.69. The Bertz CT molecular complexity index is 741. The van der Waals surface area contributed by atoms with Crippen LogP contribution in [0.25, 0.3) is 0 Å². The van der Waals surface area contributed by atoms with Crippen LogP contribution in [0.4, 0.5) is 0 Å². The van der Waals surface area contributed by atoms with Gasteiger partial charge in [0.1, 0.15) is 0 Å². The topological polar surface area (TPSA) is 34.1 Å². The van der Waals surface area contributed by atoms with Crippen LogP contribution >= 0.6 is 11.8 Å². The zero-order valence-corrected chi connectivity index (χ0v) is 18.5. The Kier molecular flexibility index (Phi) is 5.65. The zero-order valence-electron chi connectivity index (χ0n) is 17.7. The van der Waals surface area contributed by atoms with Crippen molar-refractivity contribution >= 4 is 23.3 Å². The van der Waals surface area contributed by atoms with E-state index in [4.69, 9.17) is 0 Å². The van der Waals surface area contributed by atoms with Gasteiger partial charge in [0, 0.05) is 16.9 Å². The fraction of sp³-hybridized carbons (Fsp3) is 0.667. The monoisotopic (exact) mass is 386 g/mol. The Morgan fingerprint density at radius 3 is 2.52 bits per heavy atom. The lowest BCUT2D eigenvalue weighted by atomic mass is 9.46. The molecule has 0 unspecified atom stereocenters. The molecule has 0 heterocycles. The maximum atomic E-state index is 12.8. The standard InChI is InChI=1S/C24H34O2S/c1-15(2)27-21-13-19(25)18(12-20(21)26)14-24(6)17(4)10-11-23(5)16(3)8-7-9-22(23)24/h8,12-13,15,17,22H,7,9-11,14H2,1-6H3/t17-,22+,23+,24+/m0/s1. The third kappa shape index (κ3) is 3.64. The van der Waals surface area contributed by atoms with Gasteiger partial charge in [0.15, 0.2) is 11.6 Å². The number of allylic oxidation sites excluding steroid dienone is 6. The Labute approximate surface area is 168 Å².